The molecule has 0 atom stereocenters. The van der Waals surface area contributed by atoms with Gasteiger partial charge in [0.1, 0.15) is 12.3 Å². The molecule has 0 heterocycles. The van der Waals surface area contributed by atoms with Crippen molar-refractivity contribution in [2.45, 2.75) is 26.8 Å². The first-order valence-electron chi connectivity index (χ1n) is 9.46. The normalized spacial score (nSPS) is 10.3. The van der Waals surface area contributed by atoms with Crippen LogP contribution in [0.2, 0.25) is 0 Å². The minimum absolute atomic E-state index is 0.0945. The van der Waals surface area contributed by atoms with Crippen LogP contribution in [0.5, 0.6) is 5.75 Å². The summed E-state index contributed by atoms with van der Waals surface area (Å²) < 4.78 is 10.3. The fourth-order valence-corrected chi connectivity index (χ4v) is 2.71. The number of para-hydroxylation sites is 1. The number of esters is 1. The van der Waals surface area contributed by atoms with Crippen molar-refractivity contribution in [2.75, 3.05) is 24.7 Å². The number of anilines is 1. The Labute approximate surface area is 170 Å². The first-order chi connectivity index (χ1) is 13.9. The van der Waals surface area contributed by atoms with Crippen LogP contribution in [0, 0.1) is 0 Å². The highest BCUT2D eigenvalue weighted by Gasteiger charge is 2.20. The lowest BCUT2D eigenvalue weighted by Crippen LogP contribution is -2.40. The molecule has 0 aromatic heterocycles. The summed E-state index contributed by atoms with van der Waals surface area (Å²) in [6.07, 6.45) is 0. The van der Waals surface area contributed by atoms with Gasteiger partial charge in [-0.3, -0.25) is 14.4 Å². The largest absolute Gasteiger partial charge is 0.494 e. The summed E-state index contributed by atoms with van der Waals surface area (Å²) in [6.45, 7) is 5.44. The van der Waals surface area contributed by atoms with Crippen LogP contribution in [0.15, 0.2) is 54.6 Å². The monoisotopic (exact) mass is 398 g/mol. The van der Waals surface area contributed by atoms with E-state index in [1.54, 1.807) is 29.2 Å². The summed E-state index contributed by atoms with van der Waals surface area (Å²) in [4.78, 5) is 38.1. The van der Waals surface area contributed by atoms with Gasteiger partial charge in [-0.25, -0.2) is 0 Å². The van der Waals surface area contributed by atoms with Crippen LogP contribution < -0.4 is 15.0 Å². The maximum atomic E-state index is 12.5. The Morgan fingerprint density at radius 2 is 1.66 bits per heavy atom. The summed E-state index contributed by atoms with van der Waals surface area (Å²) in [7, 11) is 0. The summed E-state index contributed by atoms with van der Waals surface area (Å²) >= 11 is 0. The third-order valence-corrected chi connectivity index (χ3v) is 4.00. The van der Waals surface area contributed by atoms with Gasteiger partial charge in [0.25, 0.3) is 11.8 Å². The molecule has 0 bridgehead atoms. The van der Waals surface area contributed by atoms with E-state index in [9.17, 15) is 14.4 Å². The first kappa shape index (κ1) is 21.9. The number of benzene rings is 2. The second kappa shape index (κ2) is 10.8. The molecule has 0 aliphatic carbocycles. The van der Waals surface area contributed by atoms with Crippen LogP contribution in [-0.4, -0.2) is 43.6 Å². The number of hydrogen-bond donors (Lipinski definition) is 1. The number of carbonyl (C=O) groups is 3. The van der Waals surface area contributed by atoms with Crippen molar-refractivity contribution in [3.8, 4) is 5.75 Å². The molecular weight excluding hydrogens is 372 g/mol. The van der Waals surface area contributed by atoms with Gasteiger partial charge in [-0.1, -0.05) is 18.2 Å². The zero-order chi connectivity index (χ0) is 21.2. The molecule has 0 radical (unpaired) electrons. The lowest BCUT2D eigenvalue weighted by molar-refractivity contribution is -0.146. The Bertz CT molecular complexity index is 819. The molecule has 0 saturated heterocycles. The number of nitrogens with one attached hydrogen (secondary N) is 1. The molecule has 7 heteroatoms. The van der Waals surface area contributed by atoms with Gasteiger partial charge in [-0.2, -0.15) is 0 Å². The molecule has 7 nitrogen and oxygen atoms in total. The molecule has 0 saturated carbocycles. The third kappa shape index (κ3) is 6.64. The van der Waals surface area contributed by atoms with Crippen molar-refractivity contribution < 1.29 is 23.9 Å². The first-order valence-corrected chi connectivity index (χ1v) is 9.46. The lowest BCUT2D eigenvalue weighted by atomic mass is 10.2. The van der Waals surface area contributed by atoms with Gasteiger partial charge in [0, 0.05) is 17.3 Å². The Morgan fingerprint density at radius 1 is 1.00 bits per heavy atom. The Morgan fingerprint density at radius 3 is 2.24 bits per heavy atom. The van der Waals surface area contributed by atoms with E-state index in [-0.39, 0.29) is 18.5 Å². The smallest absolute Gasteiger partial charge is 0.325 e. The Balaban J connectivity index is 1.82. The van der Waals surface area contributed by atoms with Crippen LogP contribution in [0.4, 0.5) is 5.69 Å². The molecule has 29 heavy (non-hydrogen) atoms. The topological polar surface area (TPSA) is 84.9 Å². The van der Waals surface area contributed by atoms with Gasteiger partial charge in [0.15, 0.2) is 6.61 Å². The van der Waals surface area contributed by atoms with Gasteiger partial charge in [-0.05, 0) is 57.2 Å². The minimum Gasteiger partial charge on any atom is -0.494 e. The summed E-state index contributed by atoms with van der Waals surface area (Å²) in [5, 5.41) is 2.48. The van der Waals surface area contributed by atoms with E-state index in [2.05, 4.69) is 5.32 Å². The average molecular weight is 398 g/mol. The number of hydrogen-bond acceptors (Lipinski definition) is 5. The predicted octanol–water partition coefficient (Wildman–Crippen LogP) is 2.80. The van der Waals surface area contributed by atoms with Gasteiger partial charge in [0.2, 0.25) is 0 Å². The van der Waals surface area contributed by atoms with Crippen molar-refractivity contribution in [3.63, 3.8) is 0 Å². The molecule has 0 aliphatic rings. The molecule has 1 N–H and O–H groups in total. The van der Waals surface area contributed by atoms with Gasteiger partial charge in [0.05, 0.1) is 6.61 Å². The van der Waals surface area contributed by atoms with Crippen molar-refractivity contribution >= 4 is 23.5 Å². The molecule has 2 amide bonds. The van der Waals surface area contributed by atoms with Crippen LogP contribution >= 0.6 is 0 Å². The fraction of sp³-hybridized carbons (Fsp3) is 0.318. The quantitative estimate of drug-likeness (QED) is 0.657. The standard InChI is InChI=1S/C22H26N2O5/c1-4-28-19-12-10-17(11-13-19)22(27)23-14-21(26)29-15-20(25)24(16(2)3)18-8-6-5-7-9-18/h5-13,16H,4,14-15H2,1-3H3,(H,23,27). The second-order valence-corrected chi connectivity index (χ2v) is 6.49. The molecular formula is C22H26N2O5. The zero-order valence-corrected chi connectivity index (χ0v) is 16.9. The van der Waals surface area contributed by atoms with E-state index in [1.807, 2.05) is 51.1 Å². The van der Waals surface area contributed by atoms with Crippen LogP contribution in [0.1, 0.15) is 31.1 Å². The minimum atomic E-state index is -0.686. The molecule has 2 rings (SSSR count). The van der Waals surface area contributed by atoms with Crippen LogP contribution in [-0.2, 0) is 14.3 Å². The zero-order valence-electron chi connectivity index (χ0n) is 16.9. The molecule has 154 valence electrons. The van der Waals surface area contributed by atoms with E-state index in [4.69, 9.17) is 9.47 Å². The predicted molar refractivity (Wildman–Crippen MR) is 110 cm³/mol. The second-order valence-electron chi connectivity index (χ2n) is 6.49. The maximum absolute atomic E-state index is 12.5. The molecule has 2 aromatic carbocycles. The SMILES string of the molecule is CCOc1ccc(C(=O)NCC(=O)OCC(=O)N(c2ccccc2)C(C)C)cc1. The number of ether oxygens (including phenoxy) is 2. The van der Waals surface area contributed by atoms with E-state index in [0.717, 1.165) is 5.69 Å². The van der Waals surface area contributed by atoms with Crippen molar-refractivity contribution in [3.05, 3.63) is 60.2 Å². The highest BCUT2D eigenvalue weighted by Crippen LogP contribution is 2.16. The molecule has 0 unspecified atom stereocenters. The summed E-state index contributed by atoms with van der Waals surface area (Å²) in [5.41, 5.74) is 1.12. The number of carbonyl (C=O) groups excluding carboxylic acids is 3. The maximum Gasteiger partial charge on any atom is 0.325 e. The number of amides is 2. The van der Waals surface area contributed by atoms with Crippen molar-refractivity contribution in [2.24, 2.45) is 0 Å². The third-order valence-electron chi connectivity index (χ3n) is 4.00. The van der Waals surface area contributed by atoms with E-state index >= 15 is 0 Å². The highest BCUT2D eigenvalue weighted by molar-refractivity contribution is 5.97. The molecule has 2 aromatic rings. The van der Waals surface area contributed by atoms with Gasteiger partial charge >= 0.3 is 5.97 Å². The van der Waals surface area contributed by atoms with Crippen LogP contribution in [0.3, 0.4) is 0 Å². The molecule has 0 aliphatic heterocycles. The van der Waals surface area contributed by atoms with Crippen molar-refractivity contribution in [1.82, 2.24) is 5.32 Å². The van der Waals surface area contributed by atoms with E-state index in [0.29, 0.717) is 17.9 Å². The fourth-order valence-electron chi connectivity index (χ4n) is 2.71. The van der Waals surface area contributed by atoms with Crippen molar-refractivity contribution in [1.29, 1.82) is 0 Å². The average Bonchev–Trinajstić information content (AvgIpc) is 2.72. The van der Waals surface area contributed by atoms with Crippen LogP contribution in [0.25, 0.3) is 0 Å². The van der Waals surface area contributed by atoms with Gasteiger partial charge in [-0.15, -0.1) is 0 Å². The summed E-state index contributed by atoms with van der Waals surface area (Å²) in [5.74, 6) is -0.772. The Kier molecular flexibility index (Phi) is 8.21. The number of nitrogens with zero attached hydrogens (tertiary/aromatic N) is 1. The highest BCUT2D eigenvalue weighted by atomic mass is 16.5. The Hall–Kier alpha value is -3.35. The summed E-state index contributed by atoms with van der Waals surface area (Å²) in [6, 6.07) is 15.6. The molecule has 0 spiro atoms. The van der Waals surface area contributed by atoms with E-state index < -0.39 is 18.5 Å². The van der Waals surface area contributed by atoms with E-state index in [1.165, 1.54) is 0 Å². The molecule has 0 fully saturated rings. The number of rotatable bonds is 9. The lowest BCUT2D eigenvalue weighted by Gasteiger charge is -2.26. The van der Waals surface area contributed by atoms with Gasteiger partial charge < -0.3 is 19.7 Å².